The van der Waals surface area contributed by atoms with Gasteiger partial charge in [0.05, 0.1) is 0 Å². The summed E-state index contributed by atoms with van der Waals surface area (Å²) in [6, 6.07) is 10.7. The van der Waals surface area contributed by atoms with Crippen molar-refractivity contribution in [1.29, 1.82) is 0 Å². The molecular weight excluding hydrogens is 410 g/mol. The van der Waals surface area contributed by atoms with E-state index in [1.165, 1.54) is 0 Å². The van der Waals surface area contributed by atoms with Crippen LogP contribution in [0.15, 0.2) is 45.5 Å². The topological polar surface area (TPSA) is 74.6 Å². The summed E-state index contributed by atoms with van der Waals surface area (Å²) in [5.74, 6) is 0.192. The van der Waals surface area contributed by atoms with Crippen LogP contribution >= 0.6 is 15.9 Å². The van der Waals surface area contributed by atoms with Crippen LogP contribution in [0.25, 0.3) is 0 Å². The molecule has 0 aliphatic carbocycles. The quantitative estimate of drug-likeness (QED) is 0.726. The SMILES string of the molecule is CC(C)N1CCC(CNC(=O)c2cccc(NC(=O)c3ccc(Br)o3)c2)C1. The average molecular weight is 434 g/mol. The molecule has 1 aliphatic heterocycles. The van der Waals surface area contributed by atoms with Crippen molar-refractivity contribution >= 4 is 33.4 Å². The van der Waals surface area contributed by atoms with E-state index in [0.29, 0.717) is 34.4 Å². The lowest BCUT2D eigenvalue weighted by Gasteiger charge is -2.20. The van der Waals surface area contributed by atoms with E-state index in [4.69, 9.17) is 4.42 Å². The minimum Gasteiger partial charge on any atom is -0.444 e. The highest BCUT2D eigenvalue weighted by Crippen LogP contribution is 2.19. The number of rotatable bonds is 6. The van der Waals surface area contributed by atoms with Crippen molar-refractivity contribution in [2.75, 3.05) is 25.0 Å². The summed E-state index contributed by atoms with van der Waals surface area (Å²) < 4.78 is 5.73. The number of anilines is 1. The maximum absolute atomic E-state index is 12.5. The number of carbonyl (C=O) groups excluding carboxylic acids is 2. The molecule has 0 radical (unpaired) electrons. The van der Waals surface area contributed by atoms with Crippen molar-refractivity contribution in [3.8, 4) is 0 Å². The van der Waals surface area contributed by atoms with Crippen LogP contribution < -0.4 is 10.6 Å². The summed E-state index contributed by atoms with van der Waals surface area (Å²) in [5, 5.41) is 5.75. The van der Waals surface area contributed by atoms with Crippen LogP contribution in [0.5, 0.6) is 0 Å². The summed E-state index contributed by atoms with van der Waals surface area (Å²) in [4.78, 5) is 27.1. The minimum absolute atomic E-state index is 0.130. The predicted octanol–water partition coefficient (Wildman–Crippen LogP) is 3.75. The molecule has 144 valence electrons. The van der Waals surface area contributed by atoms with Crippen molar-refractivity contribution in [2.24, 2.45) is 5.92 Å². The van der Waals surface area contributed by atoms with Crippen LogP contribution in [0.3, 0.4) is 0 Å². The first-order valence-corrected chi connectivity index (χ1v) is 9.90. The van der Waals surface area contributed by atoms with E-state index in [9.17, 15) is 9.59 Å². The van der Waals surface area contributed by atoms with Crippen LogP contribution in [0.4, 0.5) is 5.69 Å². The number of hydrogen-bond donors (Lipinski definition) is 2. The Morgan fingerprint density at radius 3 is 2.74 bits per heavy atom. The zero-order chi connectivity index (χ0) is 19.4. The van der Waals surface area contributed by atoms with Crippen molar-refractivity contribution < 1.29 is 14.0 Å². The first-order valence-electron chi connectivity index (χ1n) is 9.11. The Labute approximate surface area is 167 Å². The molecule has 3 rings (SSSR count). The molecule has 1 unspecified atom stereocenters. The smallest absolute Gasteiger partial charge is 0.291 e. The van der Waals surface area contributed by atoms with E-state index in [2.05, 4.69) is 45.3 Å². The van der Waals surface area contributed by atoms with E-state index in [0.717, 1.165) is 19.5 Å². The zero-order valence-corrected chi connectivity index (χ0v) is 17.1. The summed E-state index contributed by atoms with van der Waals surface area (Å²) in [6.45, 7) is 7.17. The molecule has 1 saturated heterocycles. The molecule has 2 heterocycles. The molecule has 0 saturated carbocycles. The number of likely N-dealkylation sites (tertiary alicyclic amines) is 1. The number of carbonyl (C=O) groups is 2. The highest BCUT2D eigenvalue weighted by molar-refractivity contribution is 9.10. The van der Waals surface area contributed by atoms with Crippen molar-refractivity contribution in [3.05, 3.63) is 52.4 Å². The number of nitrogens with zero attached hydrogens (tertiary/aromatic N) is 1. The van der Waals surface area contributed by atoms with Gasteiger partial charge in [-0.15, -0.1) is 0 Å². The molecule has 0 spiro atoms. The van der Waals surface area contributed by atoms with Crippen LogP contribution in [0, 0.1) is 5.92 Å². The maximum Gasteiger partial charge on any atom is 0.291 e. The molecule has 6 nitrogen and oxygen atoms in total. The van der Waals surface area contributed by atoms with Gasteiger partial charge in [0.2, 0.25) is 0 Å². The van der Waals surface area contributed by atoms with E-state index < -0.39 is 0 Å². The third-order valence-corrected chi connectivity index (χ3v) is 5.20. The molecule has 2 N–H and O–H groups in total. The number of nitrogens with one attached hydrogen (secondary N) is 2. The Hall–Kier alpha value is -2.12. The van der Waals surface area contributed by atoms with Crippen molar-refractivity contribution in [2.45, 2.75) is 26.3 Å². The molecule has 2 amide bonds. The fraction of sp³-hybridized carbons (Fsp3) is 0.400. The van der Waals surface area contributed by atoms with Crippen LogP contribution in [-0.2, 0) is 0 Å². The average Bonchev–Trinajstić information content (AvgIpc) is 3.29. The molecule has 1 aliphatic rings. The van der Waals surface area contributed by atoms with E-state index in [1.54, 1.807) is 36.4 Å². The van der Waals surface area contributed by atoms with Gasteiger partial charge in [-0.1, -0.05) is 6.07 Å². The van der Waals surface area contributed by atoms with E-state index >= 15 is 0 Å². The van der Waals surface area contributed by atoms with Gasteiger partial charge in [0.1, 0.15) is 0 Å². The van der Waals surface area contributed by atoms with Gasteiger partial charge in [-0.3, -0.25) is 9.59 Å². The number of amides is 2. The molecule has 1 fully saturated rings. The maximum atomic E-state index is 12.5. The number of hydrogen-bond acceptors (Lipinski definition) is 4. The van der Waals surface area contributed by atoms with E-state index in [1.807, 2.05) is 0 Å². The predicted molar refractivity (Wildman–Crippen MR) is 108 cm³/mol. The van der Waals surface area contributed by atoms with Gasteiger partial charge in [-0.25, -0.2) is 0 Å². The standard InChI is InChI=1S/C20H24BrN3O3/c1-13(2)24-9-8-14(12-24)11-22-19(25)15-4-3-5-16(10-15)23-20(26)17-6-7-18(21)27-17/h3-7,10,13-14H,8-9,11-12H2,1-2H3,(H,22,25)(H,23,26). The van der Waals surface area contributed by atoms with Gasteiger partial charge in [-0.05, 0) is 79.0 Å². The Morgan fingerprint density at radius 1 is 1.26 bits per heavy atom. The van der Waals surface area contributed by atoms with Gasteiger partial charge < -0.3 is 20.0 Å². The number of benzene rings is 1. The van der Waals surface area contributed by atoms with E-state index in [-0.39, 0.29) is 17.6 Å². The molecule has 2 aromatic rings. The Kier molecular flexibility index (Phi) is 6.34. The van der Waals surface area contributed by atoms with Crippen molar-refractivity contribution in [1.82, 2.24) is 10.2 Å². The Morgan fingerprint density at radius 2 is 2.07 bits per heavy atom. The first-order chi connectivity index (χ1) is 12.9. The fourth-order valence-electron chi connectivity index (χ4n) is 3.20. The second kappa shape index (κ2) is 8.71. The van der Waals surface area contributed by atoms with Crippen LogP contribution in [0.1, 0.15) is 41.2 Å². The first kappa shape index (κ1) is 19.6. The second-order valence-electron chi connectivity index (χ2n) is 7.09. The molecule has 0 bridgehead atoms. The summed E-state index contributed by atoms with van der Waals surface area (Å²) in [6.07, 6.45) is 1.10. The highest BCUT2D eigenvalue weighted by atomic mass is 79.9. The van der Waals surface area contributed by atoms with Gasteiger partial charge in [0.15, 0.2) is 10.4 Å². The summed E-state index contributed by atoms with van der Waals surface area (Å²) >= 11 is 3.17. The largest absolute Gasteiger partial charge is 0.444 e. The fourth-order valence-corrected chi connectivity index (χ4v) is 3.51. The third kappa shape index (κ3) is 5.20. The molecule has 7 heteroatoms. The molecule has 27 heavy (non-hydrogen) atoms. The second-order valence-corrected chi connectivity index (χ2v) is 7.87. The lowest BCUT2D eigenvalue weighted by Crippen LogP contribution is -2.33. The lowest BCUT2D eigenvalue weighted by molar-refractivity contribution is 0.0945. The summed E-state index contributed by atoms with van der Waals surface area (Å²) in [7, 11) is 0. The van der Waals surface area contributed by atoms with Crippen molar-refractivity contribution in [3.63, 3.8) is 0 Å². The Bertz CT molecular complexity index is 818. The third-order valence-electron chi connectivity index (χ3n) is 4.78. The molecular formula is C20H24BrN3O3. The summed E-state index contributed by atoms with van der Waals surface area (Å²) in [5.41, 5.74) is 1.07. The zero-order valence-electron chi connectivity index (χ0n) is 15.5. The molecule has 1 aromatic carbocycles. The highest BCUT2D eigenvalue weighted by Gasteiger charge is 2.24. The molecule has 1 atom stereocenters. The van der Waals surface area contributed by atoms with Gasteiger partial charge in [0, 0.05) is 30.4 Å². The van der Waals surface area contributed by atoms with Gasteiger partial charge in [0.25, 0.3) is 11.8 Å². The minimum atomic E-state index is -0.363. The monoisotopic (exact) mass is 433 g/mol. The van der Waals surface area contributed by atoms with Crippen LogP contribution in [0.2, 0.25) is 0 Å². The Balaban J connectivity index is 1.55. The molecule has 1 aromatic heterocycles. The van der Waals surface area contributed by atoms with Gasteiger partial charge in [-0.2, -0.15) is 0 Å². The number of halogens is 1. The lowest BCUT2D eigenvalue weighted by atomic mass is 10.1. The van der Waals surface area contributed by atoms with Gasteiger partial charge >= 0.3 is 0 Å². The normalized spacial score (nSPS) is 17.3. The van der Waals surface area contributed by atoms with Crippen LogP contribution in [-0.4, -0.2) is 42.4 Å². The number of furan rings is 1.